The lowest BCUT2D eigenvalue weighted by molar-refractivity contribution is -0.114. The number of nitrogens with one attached hydrogen (secondary N) is 3. The largest absolute Gasteiger partial charge is 0.366 e. The highest BCUT2D eigenvalue weighted by molar-refractivity contribution is 6.05. The molecule has 142 valence electrons. The molecule has 0 fully saturated rings. The van der Waals surface area contributed by atoms with Crippen molar-refractivity contribution >= 4 is 29.0 Å². The molecule has 2 aromatic carbocycles. The van der Waals surface area contributed by atoms with Gasteiger partial charge < -0.3 is 16.0 Å². The standard InChI is InChI=1S/C21H19FN4O2/c1-14(27)25-17-6-4-7-18(12-17)26-21(28)15-9-10-23-20(11-15)24-13-16-5-2-3-8-19(16)22/h2-12H,13H2,1H3,(H,23,24)(H,25,27)(H,26,28). The lowest BCUT2D eigenvalue weighted by Gasteiger charge is -2.10. The summed E-state index contributed by atoms with van der Waals surface area (Å²) in [6, 6.07) is 16.5. The fourth-order valence-corrected chi connectivity index (χ4v) is 2.58. The lowest BCUT2D eigenvalue weighted by Crippen LogP contribution is -2.13. The highest BCUT2D eigenvalue weighted by atomic mass is 19.1. The maximum Gasteiger partial charge on any atom is 0.255 e. The Balaban J connectivity index is 1.67. The number of nitrogens with zero attached hydrogens (tertiary/aromatic N) is 1. The Morgan fingerprint density at radius 1 is 0.964 bits per heavy atom. The number of carbonyl (C=O) groups is 2. The summed E-state index contributed by atoms with van der Waals surface area (Å²) in [6.45, 7) is 1.67. The van der Waals surface area contributed by atoms with Gasteiger partial charge in [-0.15, -0.1) is 0 Å². The third-order valence-corrected chi connectivity index (χ3v) is 3.88. The summed E-state index contributed by atoms with van der Waals surface area (Å²) >= 11 is 0. The first-order valence-electron chi connectivity index (χ1n) is 8.63. The summed E-state index contributed by atoms with van der Waals surface area (Å²) in [5, 5.41) is 8.45. The van der Waals surface area contributed by atoms with E-state index in [2.05, 4.69) is 20.9 Å². The molecule has 0 saturated carbocycles. The van der Waals surface area contributed by atoms with E-state index in [1.165, 1.54) is 19.2 Å². The minimum Gasteiger partial charge on any atom is -0.366 e. The summed E-state index contributed by atoms with van der Waals surface area (Å²) in [7, 11) is 0. The zero-order valence-corrected chi connectivity index (χ0v) is 15.2. The first-order chi connectivity index (χ1) is 13.5. The second-order valence-electron chi connectivity index (χ2n) is 6.09. The molecular formula is C21H19FN4O2. The van der Waals surface area contributed by atoms with Crippen molar-refractivity contribution in [2.45, 2.75) is 13.5 Å². The molecule has 0 atom stereocenters. The average Bonchev–Trinajstić information content (AvgIpc) is 2.67. The Bertz CT molecular complexity index is 1010. The molecule has 0 unspecified atom stereocenters. The minimum absolute atomic E-state index is 0.192. The number of halogens is 1. The van der Waals surface area contributed by atoms with E-state index in [0.717, 1.165) is 0 Å². The second kappa shape index (κ2) is 8.77. The third kappa shape index (κ3) is 5.14. The number of rotatable bonds is 6. The Kier molecular flexibility index (Phi) is 5.96. The van der Waals surface area contributed by atoms with E-state index in [-0.39, 0.29) is 24.2 Å². The van der Waals surface area contributed by atoms with E-state index in [4.69, 9.17) is 0 Å². The Morgan fingerprint density at radius 3 is 2.46 bits per heavy atom. The van der Waals surface area contributed by atoms with Crippen molar-refractivity contribution in [1.82, 2.24) is 4.98 Å². The molecule has 0 saturated heterocycles. The van der Waals surface area contributed by atoms with Gasteiger partial charge in [0.25, 0.3) is 5.91 Å². The predicted octanol–water partition coefficient (Wildman–Crippen LogP) is 4.04. The van der Waals surface area contributed by atoms with Crippen LogP contribution in [0.2, 0.25) is 0 Å². The van der Waals surface area contributed by atoms with Gasteiger partial charge in [-0.1, -0.05) is 24.3 Å². The van der Waals surface area contributed by atoms with Gasteiger partial charge in [0.2, 0.25) is 5.91 Å². The number of anilines is 3. The maximum absolute atomic E-state index is 13.7. The Hall–Kier alpha value is -3.74. The van der Waals surface area contributed by atoms with Gasteiger partial charge in [0.05, 0.1) is 0 Å². The summed E-state index contributed by atoms with van der Waals surface area (Å²) in [5.74, 6) is -0.356. The van der Waals surface area contributed by atoms with Crippen molar-refractivity contribution in [3.63, 3.8) is 0 Å². The van der Waals surface area contributed by atoms with E-state index in [0.29, 0.717) is 28.3 Å². The van der Waals surface area contributed by atoms with Crippen molar-refractivity contribution in [3.05, 3.63) is 83.8 Å². The van der Waals surface area contributed by atoms with E-state index in [9.17, 15) is 14.0 Å². The molecule has 3 rings (SSSR count). The number of amides is 2. The first-order valence-corrected chi connectivity index (χ1v) is 8.63. The molecule has 28 heavy (non-hydrogen) atoms. The van der Waals surface area contributed by atoms with E-state index in [1.807, 2.05) is 0 Å². The van der Waals surface area contributed by atoms with Crippen molar-refractivity contribution in [3.8, 4) is 0 Å². The van der Waals surface area contributed by atoms with Gasteiger partial charge in [0.15, 0.2) is 0 Å². The lowest BCUT2D eigenvalue weighted by atomic mass is 10.2. The van der Waals surface area contributed by atoms with Gasteiger partial charge >= 0.3 is 0 Å². The van der Waals surface area contributed by atoms with Crippen LogP contribution < -0.4 is 16.0 Å². The molecule has 3 N–H and O–H groups in total. The summed E-state index contributed by atoms with van der Waals surface area (Å²) in [6.07, 6.45) is 1.51. The maximum atomic E-state index is 13.7. The number of hydrogen-bond acceptors (Lipinski definition) is 4. The van der Waals surface area contributed by atoms with Crippen LogP contribution in [0.3, 0.4) is 0 Å². The van der Waals surface area contributed by atoms with Crippen LogP contribution in [-0.2, 0) is 11.3 Å². The summed E-state index contributed by atoms with van der Waals surface area (Å²) < 4.78 is 13.7. The predicted molar refractivity (Wildman–Crippen MR) is 107 cm³/mol. The van der Waals surface area contributed by atoms with E-state index < -0.39 is 0 Å². The molecule has 0 aliphatic heterocycles. The molecule has 2 amide bonds. The highest BCUT2D eigenvalue weighted by Gasteiger charge is 2.09. The minimum atomic E-state index is -0.323. The van der Waals surface area contributed by atoms with Gasteiger partial charge in [-0.25, -0.2) is 9.37 Å². The monoisotopic (exact) mass is 378 g/mol. The van der Waals surface area contributed by atoms with Crippen molar-refractivity contribution in [2.24, 2.45) is 0 Å². The third-order valence-electron chi connectivity index (χ3n) is 3.88. The first kappa shape index (κ1) is 19.0. The fourth-order valence-electron chi connectivity index (χ4n) is 2.58. The normalized spacial score (nSPS) is 10.2. The molecule has 7 heteroatoms. The van der Waals surface area contributed by atoms with Crippen LogP contribution in [0.25, 0.3) is 0 Å². The zero-order chi connectivity index (χ0) is 19.9. The second-order valence-corrected chi connectivity index (χ2v) is 6.09. The quantitative estimate of drug-likeness (QED) is 0.604. The highest BCUT2D eigenvalue weighted by Crippen LogP contribution is 2.17. The van der Waals surface area contributed by atoms with Crippen molar-refractivity contribution in [1.29, 1.82) is 0 Å². The topological polar surface area (TPSA) is 83.1 Å². The van der Waals surface area contributed by atoms with Gasteiger partial charge in [-0.3, -0.25) is 9.59 Å². The molecule has 0 aliphatic carbocycles. The molecule has 6 nitrogen and oxygen atoms in total. The molecular weight excluding hydrogens is 359 g/mol. The summed E-state index contributed by atoms with van der Waals surface area (Å²) in [4.78, 5) is 27.8. The number of pyridine rings is 1. The SMILES string of the molecule is CC(=O)Nc1cccc(NC(=O)c2ccnc(NCc3ccccc3F)c2)c1. The molecule has 1 aromatic heterocycles. The molecule has 0 radical (unpaired) electrons. The van der Waals surface area contributed by atoms with Crippen LogP contribution in [-0.4, -0.2) is 16.8 Å². The van der Waals surface area contributed by atoms with Crippen LogP contribution in [0.4, 0.5) is 21.6 Å². The van der Waals surface area contributed by atoms with Crippen molar-refractivity contribution < 1.29 is 14.0 Å². The molecule has 0 spiro atoms. The van der Waals surface area contributed by atoms with Crippen LogP contribution in [0.5, 0.6) is 0 Å². The Labute approximate surface area is 161 Å². The van der Waals surface area contributed by atoms with Crippen LogP contribution in [0, 0.1) is 5.82 Å². The molecule has 0 aliphatic rings. The number of aromatic nitrogens is 1. The van der Waals surface area contributed by atoms with Crippen LogP contribution >= 0.6 is 0 Å². The molecule has 3 aromatic rings. The van der Waals surface area contributed by atoms with E-state index >= 15 is 0 Å². The van der Waals surface area contributed by atoms with E-state index in [1.54, 1.807) is 54.6 Å². The van der Waals surface area contributed by atoms with Gasteiger partial charge in [-0.05, 0) is 36.4 Å². The molecule has 0 bridgehead atoms. The van der Waals surface area contributed by atoms with Gasteiger partial charge in [0, 0.05) is 42.2 Å². The fraction of sp³-hybridized carbons (Fsp3) is 0.0952. The van der Waals surface area contributed by atoms with Crippen LogP contribution in [0.1, 0.15) is 22.8 Å². The number of carbonyl (C=O) groups excluding carboxylic acids is 2. The van der Waals surface area contributed by atoms with Crippen LogP contribution in [0.15, 0.2) is 66.9 Å². The number of hydrogen-bond donors (Lipinski definition) is 3. The van der Waals surface area contributed by atoms with Crippen molar-refractivity contribution in [2.75, 3.05) is 16.0 Å². The zero-order valence-electron chi connectivity index (χ0n) is 15.2. The molecule has 1 heterocycles. The Morgan fingerprint density at radius 2 is 1.71 bits per heavy atom. The van der Waals surface area contributed by atoms with Gasteiger partial charge in [0.1, 0.15) is 11.6 Å². The summed E-state index contributed by atoms with van der Waals surface area (Å²) in [5.41, 5.74) is 2.05. The smallest absolute Gasteiger partial charge is 0.255 e. The average molecular weight is 378 g/mol. The number of benzene rings is 2. The van der Waals surface area contributed by atoms with Gasteiger partial charge in [-0.2, -0.15) is 0 Å².